The predicted octanol–water partition coefficient (Wildman–Crippen LogP) is 3.96. The molecule has 33 heavy (non-hydrogen) atoms. The van der Waals surface area contributed by atoms with Crippen LogP contribution in [-0.4, -0.2) is 27.4 Å². The number of aromatic nitrogens is 2. The number of carbonyl (C=O) groups is 2. The molecule has 0 radical (unpaired) electrons. The summed E-state index contributed by atoms with van der Waals surface area (Å²) in [5.74, 6) is -0.619. The maximum atomic E-state index is 13.2. The molecular formula is C25H22N4O3S. The molecule has 2 aromatic heterocycles. The zero-order valence-electron chi connectivity index (χ0n) is 18.0. The molecule has 1 saturated carbocycles. The molecule has 4 aromatic rings. The molecule has 1 fully saturated rings. The van der Waals surface area contributed by atoms with Crippen molar-refractivity contribution in [1.82, 2.24) is 14.9 Å². The molecule has 1 aliphatic rings. The molecule has 0 unspecified atom stereocenters. The van der Waals surface area contributed by atoms with Gasteiger partial charge in [-0.1, -0.05) is 42.0 Å². The summed E-state index contributed by atoms with van der Waals surface area (Å²) in [6.45, 7) is 1.81. The van der Waals surface area contributed by atoms with Crippen molar-refractivity contribution in [2.75, 3.05) is 5.32 Å². The first-order valence-electron chi connectivity index (χ1n) is 10.7. The summed E-state index contributed by atoms with van der Waals surface area (Å²) in [4.78, 5) is 43.5. The topological polar surface area (TPSA) is 93.1 Å². The highest BCUT2D eigenvalue weighted by atomic mass is 32.1. The first kappa shape index (κ1) is 21.1. The first-order valence-corrected chi connectivity index (χ1v) is 11.6. The lowest BCUT2D eigenvalue weighted by atomic mass is 10.1. The Balaban J connectivity index is 1.40. The molecular weight excluding hydrogens is 436 g/mol. The van der Waals surface area contributed by atoms with E-state index in [0.29, 0.717) is 21.5 Å². The fraction of sp³-hybridized carbons (Fsp3) is 0.200. The van der Waals surface area contributed by atoms with Gasteiger partial charge in [-0.2, -0.15) is 0 Å². The third-order valence-corrected chi connectivity index (χ3v) is 6.48. The molecule has 0 saturated heterocycles. The number of fused-ring (bicyclic) bond motifs is 1. The SMILES string of the molecule is Cc1ccc(-c2csc3ncn(CC(=O)Nc4ccccc4C(=O)NC4CC4)c(=O)c23)cc1. The van der Waals surface area contributed by atoms with Crippen molar-refractivity contribution in [2.45, 2.75) is 32.4 Å². The number of benzene rings is 2. The van der Waals surface area contributed by atoms with Crippen molar-refractivity contribution in [2.24, 2.45) is 0 Å². The minimum atomic E-state index is -0.406. The van der Waals surface area contributed by atoms with Gasteiger partial charge < -0.3 is 10.6 Å². The Bertz CT molecular complexity index is 1420. The molecule has 2 amide bonds. The Morgan fingerprint density at radius 3 is 2.64 bits per heavy atom. The van der Waals surface area contributed by atoms with E-state index in [2.05, 4.69) is 15.6 Å². The quantitative estimate of drug-likeness (QED) is 0.457. The fourth-order valence-corrected chi connectivity index (χ4v) is 4.56. The van der Waals surface area contributed by atoms with E-state index in [-0.39, 0.29) is 24.1 Å². The molecule has 5 rings (SSSR count). The van der Waals surface area contributed by atoms with Crippen molar-refractivity contribution >= 4 is 39.1 Å². The highest BCUT2D eigenvalue weighted by Gasteiger charge is 2.25. The van der Waals surface area contributed by atoms with Gasteiger partial charge in [-0.25, -0.2) is 4.98 Å². The van der Waals surface area contributed by atoms with Gasteiger partial charge in [-0.05, 0) is 37.5 Å². The van der Waals surface area contributed by atoms with Crippen LogP contribution in [0.5, 0.6) is 0 Å². The van der Waals surface area contributed by atoms with Crippen molar-refractivity contribution in [3.05, 3.63) is 81.7 Å². The second-order valence-corrected chi connectivity index (χ2v) is 9.07. The van der Waals surface area contributed by atoms with E-state index in [4.69, 9.17) is 0 Å². The van der Waals surface area contributed by atoms with Crippen molar-refractivity contribution < 1.29 is 9.59 Å². The average molecular weight is 459 g/mol. The van der Waals surface area contributed by atoms with Gasteiger partial charge in [0.2, 0.25) is 5.91 Å². The predicted molar refractivity (Wildman–Crippen MR) is 130 cm³/mol. The molecule has 2 aromatic carbocycles. The van der Waals surface area contributed by atoms with Crippen LogP contribution in [0.3, 0.4) is 0 Å². The van der Waals surface area contributed by atoms with Gasteiger partial charge in [0.25, 0.3) is 11.5 Å². The summed E-state index contributed by atoms with van der Waals surface area (Å²) in [5.41, 5.74) is 3.42. The van der Waals surface area contributed by atoms with Crippen LogP contribution in [-0.2, 0) is 11.3 Å². The van der Waals surface area contributed by atoms with Gasteiger partial charge in [-0.15, -0.1) is 11.3 Å². The number of aryl methyl sites for hydroxylation is 1. The van der Waals surface area contributed by atoms with Crippen LogP contribution >= 0.6 is 11.3 Å². The zero-order chi connectivity index (χ0) is 22.9. The highest BCUT2D eigenvalue weighted by molar-refractivity contribution is 7.17. The number of hydrogen-bond acceptors (Lipinski definition) is 5. The molecule has 166 valence electrons. The number of anilines is 1. The smallest absolute Gasteiger partial charge is 0.263 e. The van der Waals surface area contributed by atoms with Crippen LogP contribution in [0.4, 0.5) is 5.69 Å². The van der Waals surface area contributed by atoms with Gasteiger partial charge in [0.15, 0.2) is 0 Å². The van der Waals surface area contributed by atoms with E-state index in [1.165, 1.54) is 22.2 Å². The summed E-state index contributed by atoms with van der Waals surface area (Å²) in [5, 5.41) is 8.12. The normalized spacial score (nSPS) is 13.1. The summed E-state index contributed by atoms with van der Waals surface area (Å²) >= 11 is 1.40. The summed E-state index contributed by atoms with van der Waals surface area (Å²) in [7, 11) is 0. The lowest BCUT2D eigenvalue weighted by molar-refractivity contribution is -0.116. The standard InChI is InChI=1S/C25H22N4O3S/c1-15-6-8-16(9-7-15)19-13-33-24-22(19)25(32)29(14-26-24)12-21(30)28-20-5-3-2-4-18(20)23(31)27-17-10-11-17/h2-9,13-14,17H,10-12H2,1H3,(H,27,31)(H,28,30). The number of rotatable bonds is 6. The minimum absolute atomic E-state index is 0.205. The number of nitrogens with one attached hydrogen (secondary N) is 2. The minimum Gasteiger partial charge on any atom is -0.349 e. The van der Waals surface area contributed by atoms with Gasteiger partial charge in [-0.3, -0.25) is 19.0 Å². The summed E-state index contributed by atoms with van der Waals surface area (Å²) < 4.78 is 1.30. The Morgan fingerprint density at radius 2 is 1.88 bits per heavy atom. The molecule has 0 atom stereocenters. The van der Waals surface area contributed by atoms with E-state index in [0.717, 1.165) is 29.5 Å². The molecule has 0 aliphatic heterocycles. The van der Waals surface area contributed by atoms with Crippen LogP contribution < -0.4 is 16.2 Å². The van der Waals surface area contributed by atoms with Crippen molar-refractivity contribution in [3.63, 3.8) is 0 Å². The molecule has 7 nitrogen and oxygen atoms in total. The number of para-hydroxylation sites is 1. The fourth-order valence-electron chi connectivity index (χ4n) is 3.65. The van der Waals surface area contributed by atoms with E-state index < -0.39 is 5.91 Å². The van der Waals surface area contributed by atoms with E-state index in [1.54, 1.807) is 24.3 Å². The van der Waals surface area contributed by atoms with Crippen LogP contribution in [0.2, 0.25) is 0 Å². The lowest BCUT2D eigenvalue weighted by Gasteiger charge is -2.12. The molecule has 8 heteroatoms. The second kappa shape index (κ2) is 8.63. The molecule has 1 aliphatic carbocycles. The second-order valence-electron chi connectivity index (χ2n) is 8.21. The maximum Gasteiger partial charge on any atom is 0.263 e. The largest absolute Gasteiger partial charge is 0.349 e. The average Bonchev–Trinajstić information content (AvgIpc) is 3.51. The van der Waals surface area contributed by atoms with Gasteiger partial charge in [0.1, 0.15) is 11.4 Å². The third-order valence-electron chi connectivity index (χ3n) is 5.60. The van der Waals surface area contributed by atoms with Crippen LogP contribution in [0.15, 0.2) is 65.0 Å². The molecule has 0 spiro atoms. The number of hydrogen-bond donors (Lipinski definition) is 2. The van der Waals surface area contributed by atoms with E-state index in [1.807, 2.05) is 36.6 Å². The van der Waals surface area contributed by atoms with Crippen LogP contribution in [0, 0.1) is 6.92 Å². The van der Waals surface area contributed by atoms with Gasteiger partial charge in [0.05, 0.1) is 23.0 Å². The zero-order valence-corrected chi connectivity index (χ0v) is 18.8. The summed E-state index contributed by atoms with van der Waals surface area (Å²) in [6.07, 6.45) is 3.35. The highest BCUT2D eigenvalue weighted by Crippen LogP contribution is 2.30. The molecule has 2 N–H and O–H groups in total. The Kier molecular flexibility index (Phi) is 5.51. The molecule has 2 heterocycles. The van der Waals surface area contributed by atoms with E-state index >= 15 is 0 Å². The van der Waals surface area contributed by atoms with Crippen LogP contribution in [0.25, 0.3) is 21.3 Å². The Labute approximate surface area is 194 Å². The number of thiophene rings is 1. The number of amides is 2. The van der Waals surface area contributed by atoms with Gasteiger partial charge in [0, 0.05) is 17.0 Å². The summed E-state index contributed by atoms with van der Waals surface area (Å²) in [6, 6.07) is 15.0. The lowest BCUT2D eigenvalue weighted by Crippen LogP contribution is -2.30. The van der Waals surface area contributed by atoms with Crippen molar-refractivity contribution in [1.29, 1.82) is 0 Å². The Hall–Kier alpha value is -3.78. The van der Waals surface area contributed by atoms with Gasteiger partial charge >= 0.3 is 0 Å². The Morgan fingerprint density at radius 1 is 1.12 bits per heavy atom. The van der Waals surface area contributed by atoms with E-state index in [9.17, 15) is 14.4 Å². The third kappa shape index (κ3) is 4.42. The van der Waals surface area contributed by atoms with Crippen LogP contribution in [0.1, 0.15) is 28.8 Å². The monoisotopic (exact) mass is 458 g/mol. The van der Waals surface area contributed by atoms with Crippen molar-refractivity contribution in [3.8, 4) is 11.1 Å². The number of carbonyl (C=O) groups excluding carboxylic acids is 2. The molecule has 0 bridgehead atoms. The maximum absolute atomic E-state index is 13.2. The first-order chi connectivity index (χ1) is 16.0. The number of nitrogens with zero attached hydrogens (tertiary/aromatic N) is 2.